The summed E-state index contributed by atoms with van der Waals surface area (Å²) in [5, 5.41) is 0. The average molecular weight is 412 g/mol. The molecule has 2 aromatic rings. The number of hydrogen-bond acceptors (Lipinski definition) is 7. The van der Waals surface area contributed by atoms with E-state index >= 15 is 0 Å². The van der Waals surface area contributed by atoms with Crippen LogP contribution in [0, 0.1) is 0 Å². The third-order valence-corrected chi connectivity index (χ3v) is 5.94. The number of ether oxygens (including phenoxy) is 2. The monoisotopic (exact) mass is 411 g/mol. The Morgan fingerprint density at radius 1 is 1.07 bits per heavy atom. The van der Waals surface area contributed by atoms with Crippen LogP contribution in [-0.2, 0) is 4.79 Å². The smallest absolute Gasteiger partial charge is 0.237 e. The summed E-state index contributed by atoms with van der Waals surface area (Å²) in [7, 11) is 3.33. The number of amides is 1. The zero-order valence-electron chi connectivity index (χ0n) is 17.7. The van der Waals surface area contributed by atoms with Gasteiger partial charge in [-0.2, -0.15) is 0 Å². The number of carbonyl (C=O) groups excluding carboxylic acids is 1. The maximum absolute atomic E-state index is 13.2. The maximum Gasteiger partial charge on any atom is 0.237 e. The molecule has 0 saturated carbocycles. The molecule has 1 aromatic carbocycles. The van der Waals surface area contributed by atoms with Crippen LogP contribution in [-0.4, -0.2) is 79.2 Å². The number of nitrogens with zero attached hydrogens (tertiary/aromatic N) is 5. The molecule has 2 saturated heterocycles. The van der Waals surface area contributed by atoms with Crippen molar-refractivity contribution in [1.29, 1.82) is 0 Å². The summed E-state index contributed by atoms with van der Waals surface area (Å²) < 4.78 is 11.0. The highest BCUT2D eigenvalue weighted by molar-refractivity contribution is 5.79. The molecule has 1 amide bonds. The van der Waals surface area contributed by atoms with Crippen molar-refractivity contribution in [3.05, 3.63) is 42.2 Å². The molecule has 2 aliphatic heterocycles. The van der Waals surface area contributed by atoms with Crippen LogP contribution in [0.3, 0.4) is 0 Å². The standard InChI is InChI=1S/C22H29N5O3/c1-29-17-6-7-20(30-2)18(15-17)19-5-3-10-27(19)21(28)16-25-11-13-26(14-12-25)22-23-8-4-9-24-22/h4,6-9,15,19H,3,5,10-14,16H2,1-2H3/t19-/m1/s1. The fourth-order valence-corrected chi connectivity index (χ4v) is 4.33. The van der Waals surface area contributed by atoms with Gasteiger partial charge in [-0.25, -0.2) is 9.97 Å². The van der Waals surface area contributed by atoms with Crippen LogP contribution in [0.4, 0.5) is 5.95 Å². The summed E-state index contributed by atoms with van der Waals surface area (Å²) in [6.07, 6.45) is 5.46. The normalized spacial score (nSPS) is 19.7. The van der Waals surface area contributed by atoms with E-state index in [1.54, 1.807) is 26.6 Å². The Morgan fingerprint density at radius 3 is 2.53 bits per heavy atom. The lowest BCUT2D eigenvalue weighted by Crippen LogP contribution is -2.50. The summed E-state index contributed by atoms with van der Waals surface area (Å²) in [5.74, 6) is 2.52. The number of hydrogen-bond donors (Lipinski definition) is 0. The molecule has 8 heteroatoms. The molecule has 1 aromatic heterocycles. The lowest BCUT2D eigenvalue weighted by atomic mass is 10.0. The molecule has 4 rings (SSSR count). The number of carbonyl (C=O) groups is 1. The number of methoxy groups -OCH3 is 2. The van der Waals surface area contributed by atoms with Crippen molar-refractivity contribution >= 4 is 11.9 Å². The van der Waals surface area contributed by atoms with Gasteiger partial charge in [0.05, 0.1) is 26.8 Å². The quantitative estimate of drug-likeness (QED) is 0.720. The highest BCUT2D eigenvalue weighted by atomic mass is 16.5. The number of likely N-dealkylation sites (tertiary alicyclic amines) is 1. The van der Waals surface area contributed by atoms with Crippen LogP contribution < -0.4 is 14.4 Å². The van der Waals surface area contributed by atoms with Crippen LogP contribution in [0.1, 0.15) is 24.4 Å². The average Bonchev–Trinajstić information content (AvgIpc) is 3.30. The molecule has 0 N–H and O–H groups in total. The van der Waals surface area contributed by atoms with Crippen LogP contribution in [0.5, 0.6) is 11.5 Å². The summed E-state index contributed by atoms with van der Waals surface area (Å²) in [6, 6.07) is 7.65. The van der Waals surface area contributed by atoms with E-state index in [9.17, 15) is 4.79 Å². The molecule has 0 unspecified atom stereocenters. The molecule has 0 bridgehead atoms. The number of aromatic nitrogens is 2. The number of piperazine rings is 1. The zero-order valence-corrected chi connectivity index (χ0v) is 17.7. The second kappa shape index (κ2) is 9.30. The topological polar surface area (TPSA) is 71.0 Å². The van der Waals surface area contributed by atoms with Gasteiger partial charge in [0, 0.05) is 50.7 Å². The Hall–Kier alpha value is -2.87. The minimum Gasteiger partial charge on any atom is -0.497 e. The molecule has 1 atom stereocenters. The SMILES string of the molecule is COc1ccc(OC)c([C@H]2CCCN2C(=O)CN2CCN(c3ncccn3)CC2)c1. The summed E-state index contributed by atoms with van der Waals surface area (Å²) in [4.78, 5) is 28.2. The highest BCUT2D eigenvalue weighted by Crippen LogP contribution is 2.39. The Labute approximate surface area is 177 Å². The Bertz CT molecular complexity index is 855. The minimum atomic E-state index is 0.0292. The van der Waals surface area contributed by atoms with Crippen molar-refractivity contribution in [2.75, 3.05) is 58.4 Å². The van der Waals surface area contributed by atoms with Gasteiger partial charge >= 0.3 is 0 Å². The first-order chi connectivity index (χ1) is 14.7. The van der Waals surface area contributed by atoms with E-state index in [0.29, 0.717) is 6.54 Å². The predicted molar refractivity (Wildman–Crippen MR) is 114 cm³/mol. The van der Waals surface area contributed by atoms with E-state index in [-0.39, 0.29) is 11.9 Å². The summed E-state index contributed by atoms with van der Waals surface area (Å²) >= 11 is 0. The number of rotatable bonds is 6. The third-order valence-electron chi connectivity index (χ3n) is 5.94. The van der Waals surface area contributed by atoms with Gasteiger partial charge in [0.15, 0.2) is 0 Å². The van der Waals surface area contributed by atoms with Gasteiger partial charge in [-0.1, -0.05) is 0 Å². The van der Waals surface area contributed by atoms with Gasteiger partial charge in [0.2, 0.25) is 11.9 Å². The Morgan fingerprint density at radius 2 is 1.83 bits per heavy atom. The van der Waals surface area contributed by atoms with Gasteiger partial charge < -0.3 is 19.3 Å². The van der Waals surface area contributed by atoms with Gasteiger partial charge in [0.25, 0.3) is 0 Å². The van der Waals surface area contributed by atoms with Crippen LogP contribution in [0.25, 0.3) is 0 Å². The molecule has 160 valence electrons. The lowest BCUT2D eigenvalue weighted by Gasteiger charge is -2.35. The fourth-order valence-electron chi connectivity index (χ4n) is 4.33. The van der Waals surface area contributed by atoms with Crippen molar-refractivity contribution in [3.63, 3.8) is 0 Å². The first-order valence-corrected chi connectivity index (χ1v) is 10.5. The van der Waals surface area contributed by atoms with Gasteiger partial charge in [0.1, 0.15) is 11.5 Å². The van der Waals surface area contributed by atoms with E-state index in [1.807, 2.05) is 29.2 Å². The Balaban J connectivity index is 1.39. The molecule has 2 fully saturated rings. The second-order valence-corrected chi connectivity index (χ2v) is 7.67. The Kier molecular flexibility index (Phi) is 6.32. The van der Waals surface area contributed by atoms with Crippen LogP contribution >= 0.6 is 0 Å². The first-order valence-electron chi connectivity index (χ1n) is 10.5. The second-order valence-electron chi connectivity index (χ2n) is 7.67. The molecular formula is C22H29N5O3. The van der Waals surface area contributed by atoms with E-state index in [2.05, 4.69) is 19.8 Å². The maximum atomic E-state index is 13.2. The summed E-state index contributed by atoms with van der Waals surface area (Å²) in [5.41, 5.74) is 1.02. The van der Waals surface area contributed by atoms with E-state index in [1.165, 1.54) is 0 Å². The molecule has 0 spiro atoms. The van der Waals surface area contributed by atoms with Crippen molar-refractivity contribution in [1.82, 2.24) is 19.8 Å². The number of benzene rings is 1. The van der Waals surface area contributed by atoms with Crippen LogP contribution in [0.2, 0.25) is 0 Å². The predicted octanol–water partition coefficient (Wildman–Crippen LogP) is 1.98. The number of anilines is 1. The van der Waals surface area contributed by atoms with Crippen LogP contribution in [0.15, 0.2) is 36.7 Å². The van der Waals surface area contributed by atoms with Crippen molar-refractivity contribution in [2.45, 2.75) is 18.9 Å². The molecule has 2 aliphatic rings. The molecule has 0 radical (unpaired) electrons. The van der Waals surface area contributed by atoms with Crippen molar-refractivity contribution < 1.29 is 14.3 Å². The van der Waals surface area contributed by atoms with Gasteiger partial charge in [-0.15, -0.1) is 0 Å². The first kappa shape index (κ1) is 20.4. The molecule has 8 nitrogen and oxygen atoms in total. The molecule has 0 aliphatic carbocycles. The van der Waals surface area contributed by atoms with E-state index in [0.717, 1.165) is 68.6 Å². The molecule has 30 heavy (non-hydrogen) atoms. The van der Waals surface area contributed by atoms with Gasteiger partial charge in [-0.3, -0.25) is 9.69 Å². The molecule has 3 heterocycles. The van der Waals surface area contributed by atoms with Crippen molar-refractivity contribution in [2.24, 2.45) is 0 Å². The van der Waals surface area contributed by atoms with Gasteiger partial charge in [-0.05, 0) is 37.1 Å². The van der Waals surface area contributed by atoms with E-state index < -0.39 is 0 Å². The van der Waals surface area contributed by atoms with E-state index in [4.69, 9.17) is 9.47 Å². The summed E-state index contributed by atoms with van der Waals surface area (Å²) in [6.45, 7) is 4.51. The van der Waals surface area contributed by atoms with Crippen molar-refractivity contribution in [3.8, 4) is 11.5 Å². The highest BCUT2D eigenvalue weighted by Gasteiger charge is 2.33. The molecular weight excluding hydrogens is 382 g/mol. The minimum absolute atomic E-state index is 0.0292. The largest absolute Gasteiger partial charge is 0.497 e. The zero-order chi connectivity index (χ0) is 20.9. The fraction of sp³-hybridized carbons (Fsp3) is 0.500. The lowest BCUT2D eigenvalue weighted by molar-refractivity contribution is -0.133. The third kappa shape index (κ3) is 4.33.